The predicted molar refractivity (Wildman–Crippen MR) is 211 cm³/mol. The third kappa shape index (κ3) is 4.65. The van der Waals surface area contributed by atoms with E-state index in [4.69, 9.17) is 9.97 Å². The van der Waals surface area contributed by atoms with Crippen molar-refractivity contribution in [1.82, 2.24) is 14.5 Å². The molecule has 7 aromatic carbocycles. The quantitative estimate of drug-likeness (QED) is 0.185. The van der Waals surface area contributed by atoms with Crippen LogP contribution in [0.25, 0.3) is 92.7 Å². The zero-order valence-electron chi connectivity index (χ0n) is 27.0. The highest BCUT2D eigenvalue weighted by Crippen LogP contribution is 2.45. The third-order valence-corrected chi connectivity index (χ3v) is 10.8. The number of rotatable bonds is 5. The molecule has 0 aliphatic rings. The lowest BCUT2D eigenvalue weighted by Gasteiger charge is -2.16. The van der Waals surface area contributed by atoms with Crippen LogP contribution in [-0.4, -0.2) is 14.5 Å². The molecule has 0 spiro atoms. The van der Waals surface area contributed by atoms with Gasteiger partial charge in [0.1, 0.15) is 0 Å². The molecule has 0 saturated carbocycles. The van der Waals surface area contributed by atoms with Crippen LogP contribution in [0.4, 0.5) is 0 Å². The van der Waals surface area contributed by atoms with Crippen LogP contribution in [0, 0.1) is 0 Å². The molecular formula is C46H29N3S. The van der Waals surface area contributed by atoms with E-state index in [9.17, 15) is 0 Å². The number of aromatic nitrogens is 3. The Balaban J connectivity index is 1.25. The van der Waals surface area contributed by atoms with Gasteiger partial charge in [0.05, 0.1) is 28.1 Å². The average molecular weight is 656 g/mol. The summed E-state index contributed by atoms with van der Waals surface area (Å²) < 4.78 is 5.01. The fourth-order valence-electron chi connectivity index (χ4n) is 7.33. The van der Waals surface area contributed by atoms with Gasteiger partial charge in [0.15, 0.2) is 5.82 Å². The summed E-state index contributed by atoms with van der Waals surface area (Å²) in [6, 6.07) is 62.5. The van der Waals surface area contributed by atoms with E-state index in [2.05, 4.69) is 156 Å². The van der Waals surface area contributed by atoms with Crippen molar-refractivity contribution in [2.45, 2.75) is 0 Å². The number of thiophene rings is 1. The standard InChI is InChI=1S/C46H29N3S/c1-3-14-30(15-4-1)38-29-39(48-46(47-38)31-16-5-2-6-17-31)32-18-13-19-33(28-32)44-42(27-26-37-36-22-9-12-25-43(36)50-45(37)44)49-40-23-10-7-20-34(40)35-21-8-11-24-41(35)49/h1-29H. The van der Waals surface area contributed by atoms with Gasteiger partial charge in [-0.05, 0) is 42.0 Å². The van der Waals surface area contributed by atoms with Gasteiger partial charge in [-0.15, -0.1) is 11.3 Å². The number of hydrogen-bond acceptors (Lipinski definition) is 3. The van der Waals surface area contributed by atoms with Crippen molar-refractivity contribution in [3.63, 3.8) is 0 Å². The first-order valence-electron chi connectivity index (χ1n) is 16.8. The lowest BCUT2D eigenvalue weighted by molar-refractivity contribution is 1.18. The van der Waals surface area contributed by atoms with Gasteiger partial charge in [-0.2, -0.15) is 0 Å². The number of para-hydroxylation sites is 2. The van der Waals surface area contributed by atoms with Crippen LogP contribution >= 0.6 is 11.3 Å². The molecular weight excluding hydrogens is 627 g/mol. The zero-order valence-corrected chi connectivity index (χ0v) is 27.8. The van der Waals surface area contributed by atoms with Crippen molar-refractivity contribution in [2.75, 3.05) is 0 Å². The van der Waals surface area contributed by atoms with Crippen LogP contribution in [0.1, 0.15) is 0 Å². The monoisotopic (exact) mass is 655 g/mol. The van der Waals surface area contributed by atoms with E-state index in [-0.39, 0.29) is 0 Å². The number of hydrogen-bond donors (Lipinski definition) is 0. The van der Waals surface area contributed by atoms with Gasteiger partial charge < -0.3 is 4.57 Å². The van der Waals surface area contributed by atoms with E-state index in [0.29, 0.717) is 5.82 Å². The highest BCUT2D eigenvalue weighted by molar-refractivity contribution is 7.26. The molecule has 3 aromatic heterocycles. The first kappa shape index (κ1) is 28.6. The van der Waals surface area contributed by atoms with E-state index in [1.807, 2.05) is 35.6 Å². The van der Waals surface area contributed by atoms with Crippen LogP contribution in [0.3, 0.4) is 0 Å². The van der Waals surface area contributed by atoms with Crippen molar-refractivity contribution in [3.8, 4) is 50.7 Å². The normalized spacial score (nSPS) is 11.6. The third-order valence-electron chi connectivity index (χ3n) is 9.62. The minimum absolute atomic E-state index is 0.713. The van der Waals surface area contributed by atoms with Gasteiger partial charge in [0.25, 0.3) is 0 Å². The Morgan fingerprint density at radius 3 is 1.68 bits per heavy atom. The van der Waals surface area contributed by atoms with Gasteiger partial charge in [0.2, 0.25) is 0 Å². The molecule has 0 N–H and O–H groups in total. The Morgan fingerprint density at radius 1 is 0.400 bits per heavy atom. The van der Waals surface area contributed by atoms with Gasteiger partial charge in [-0.1, -0.05) is 140 Å². The molecule has 3 nitrogen and oxygen atoms in total. The highest BCUT2D eigenvalue weighted by atomic mass is 32.1. The predicted octanol–water partition coefficient (Wildman–Crippen LogP) is 12.6. The molecule has 234 valence electrons. The molecule has 50 heavy (non-hydrogen) atoms. The molecule has 10 rings (SSSR count). The second-order valence-corrected chi connectivity index (χ2v) is 13.6. The number of nitrogens with zero attached hydrogens (tertiary/aromatic N) is 3. The van der Waals surface area contributed by atoms with Gasteiger partial charge in [-0.25, -0.2) is 9.97 Å². The maximum absolute atomic E-state index is 5.17. The van der Waals surface area contributed by atoms with Crippen LogP contribution < -0.4 is 0 Å². The second-order valence-electron chi connectivity index (χ2n) is 12.6. The molecule has 4 heteroatoms. The molecule has 0 radical (unpaired) electrons. The SMILES string of the molecule is c1ccc(-c2cc(-c3cccc(-c4c(-n5c6ccccc6c6ccccc65)ccc5c4sc4ccccc45)c3)nc(-c3ccccc3)n2)cc1. The molecule has 0 amide bonds. The van der Waals surface area contributed by atoms with E-state index in [1.54, 1.807) is 0 Å². The summed E-state index contributed by atoms with van der Waals surface area (Å²) in [5.41, 5.74) is 10.8. The van der Waals surface area contributed by atoms with Gasteiger partial charge >= 0.3 is 0 Å². The molecule has 3 heterocycles. The Kier molecular flexibility index (Phi) is 6.68. The number of benzene rings is 7. The minimum Gasteiger partial charge on any atom is -0.309 e. The summed E-state index contributed by atoms with van der Waals surface area (Å²) in [6.45, 7) is 0. The fourth-order valence-corrected chi connectivity index (χ4v) is 8.60. The highest BCUT2D eigenvalue weighted by Gasteiger charge is 2.20. The molecule has 0 aliphatic carbocycles. The molecule has 0 unspecified atom stereocenters. The van der Waals surface area contributed by atoms with Crippen LogP contribution in [0.2, 0.25) is 0 Å². The minimum atomic E-state index is 0.713. The van der Waals surface area contributed by atoms with Crippen LogP contribution in [-0.2, 0) is 0 Å². The Labute approximate surface area is 293 Å². The first-order chi connectivity index (χ1) is 24.8. The summed E-state index contributed by atoms with van der Waals surface area (Å²) in [7, 11) is 0. The Morgan fingerprint density at radius 2 is 0.960 bits per heavy atom. The van der Waals surface area contributed by atoms with Crippen molar-refractivity contribution < 1.29 is 0 Å². The van der Waals surface area contributed by atoms with Crippen molar-refractivity contribution >= 4 is 53.3 Å². The summed E-state index contributed by atoms with van der Waals surface area (Å²) >= 11 is 1.87. The largest absolute Gasteiger partial charge is 0.309 e. The smallest absolute Gasteiger partial charge is 0.160 e. The van der Waals surface area contributed by atoms with Gasteiger partial charge in [-0.3, -0.25) is 0 Å². The average Bonchev–Trinajstić information content (AvgIpc) is 3.74. The summed E-state index contributed by atoms with van der Waals surface area (Å²) in [5.74, 6) is 0.713. The zero-order chi connectivity index (χ0) is 33.0. The lowest BCUT2D eigenvalue weighted by Crippen LogP contribution is -1.98. The maximum atomic E-state index is 5.17. The summed E-state index contributed by atoms with van der Waals surface area (Å²) in [6.07, 6.45) is 0. The molecule has 0 bridgehead atoms. The van der Waals surface area contributed by atoms with Gasteiger partial charge in [0, 0.05) is 53.2 Å². The van der Waals surface area contributed by atoms with E-state index in [0.717, 1.165) is 39.3 Å². The fraction of sp³-hybridized carbons (Fsp3) is 0. The molecule has 0 fully saturated rings. The van der Waals surface area contributed by atoms with E-state index in [1.165, 1.54) is 47.5 Å². The molecule has 0 saturated heterocycles. The van der Waals surface area contributed by atoms with Crippen LogP contribution in [0.15, 0.2) is 176 Å². The Bertz CT molecular complexity index is 2760. The lowest BCUT2D eigenvalue weighted by atomic mass is 9.97. The molecule has 0 atom stereocenters. The molecule has 0 aliphatic heterocycles. The van der Waals surface area contributed by atoms with Crippen molar-refractivity contribution in [2.24, 2.45) is 0 Å². The van der Waals surface area contributed by atoms with E-state index >= 15 is 0 Å². The van der Waals surface area contributed by atoms with Crippen molar-refractivity contribution in [1.29, 1.82) is 0 Å². The maximum Gasteiger partial charge on any atom is 0.160 e. The number of fused-ring (bicyclic) bond motifs is 6. The first-order valence-corrected chi connectivity index (χ1v) is 17.7. The van der Waals surface area contributed by atoms with Crippen LogP contribution in [0.5, 0.6) is 0 Å². The molecule has 10 aromatic rings. The summed E-state index contributed by atoms with van der Waals surface area (Å²) in [5, 5.41) is 5.06. The Hall–Kier alpha value is -6.36. The topological polar surface area (TPSA) is 30.7 Å². The van der Waals surface area contributed by atoms with E-state index < -0.39 is 0 Å². The second kappa shape index (κ2) is 11.7. The van der Waals surface area contributed by atoms with Crippen molar-refractivity contribution in [3.05, 3.63) is 176 Å². The summed E-state index contributed by atoms with van der Waals surface area (Å²) in [4.78, 5) is 10.2.